The molecule has 0 N–H and O–H groups in total. The smallest absolute Gasteiger partial charge is 0.243 e. The molecule has 33 heavy (non-hydrogen) atoms. The molecule has 1 aromatic heterocycles. The molecule has 0 aliphatic carbocycles. The van der Waals surface area contributed by atoms with Crippen LogP contribution in [0.25, 0.3) is 11.4 Å². The number of nitrogens with zero attached hydrogens (tertiary/aromatic N) is 3. The molecule has 1 fully saturated rings. The topological polar surface area (TPSA) is 94.8 Å². The summed E-state index contributed by atoms with van der Waals surface area (Å²) in [7, 11) is -1.99. The predicted octanol–water partition coefficient (Wildman–Crippen LogP) is 4.41. The zero-order valence-corrected chi connectivity index (χ0v) is 20.1. The maximum atomic E-state index is 13.1. The molecular formula is C24H29N3O5S. The minimum absolute atomic E-state index is 0.0203. The summed E-state index contributed by atoms with van der Waals surface area (Å²) >= 11 is 0. The van der Waals surface area contributed by atoms with Gasteiger partial charge in [0.05, 0.1) is 24.0 Å². The first-order valence-electron chi connectivity index (χ1n) is 11.0. The second-order valence-electron chi connectivity index (χ2n) is 8.50. The molecule has 0 bridgehead atoms. The van der Waals surface area contributed by atoms with Gasteiger partial charge in [-0.25, -0.2) is 8.42 Å². The Morgan fingerprint density at radius 1 is 1.12 bits per heavy atom. The molecule has 2 aromatic carbocycles. The molecule has 1 aliphatic heterocycles. The lowest BCUT2D eigenvalue weighted by molar-refractivity contribution is 0.230. The number of rotatable bonds is 7. The molecule has 0 spiro atoms. The van der Waals surface area contributed by atoms with Crippen LogP contribution in [0.15, 0.2) is 51.9 Å². The lowest BCUT2D eigenvalue weighted by Crippen LogP contribution is -2.39. The molecule has 2 heterocycles. The van der Waals surface area contributed by atoms with Gasteiger partial charge in [-0.15, -0.1) is 0 Å². The van der Waals surface area contributed by atoms with Gasteiger partial charge < -0.3 is 14.0 Å². The highest BCUT2D eigenvalue weighted by Gasteiger charge is 2.33. The summed E-state index contributed by atoms with van der Waals surface area (Å²) in [6, 6.07) is 12.4. The molecule has 3 aromatic rings. The Morgan fingerprint density at radius 3 is 2.58 bits per heavy atom. The maximum Gasteiger partial charge on any atom is 0.243 e. The average Bonchev–Trinajstić information content (AvgIpc) is 3.30. The molecule has 8 nitrogen and oxygen atoms in total. The van der Waals surface area contributed by atoms with Gasteiger partial charge in [0.1, 0.15) is 0 Å². The predicted molar refractivity (Wildman–Crippen MR) is 124 cm³/mol. The van der Waals surface area contributed by atoms with Crippen LogP contribution in [0, 0.1) is 6.92 Å². The summed E-state index contributed by atoms with van der Waals surface area (Å²) < 4.78 is 44.5. The van der Waals surface area contributed by atoms with Gasteiger partial charge in [-0.05, 0) is 63.9 Å². The van der Waals surface area contributed by atoms with Crippen LogP contribution in [0.4, 0.5) is 0 Å². The number of benzene rings is 2. The van der Waals surface area contributed by atoms with E-state index in [1.807, 2.05) is 45.0 Å². The summed E-state index contributed by atoms with van der Waals surface area (Å²) in [4.78, 5) is 4.88. The van der Waals surface area contributed by atoms with Crippen LogP contribution in [0.5, 0.6) is 11.5 Å². The Kier molecular flexibility index (Phi) is 6.71. The maximum absolute atomic E-state index is 13.1. The normalized spacial score (nSPS) is 17.3. The second-order valence-corrected chi connectivity index (χ2v) is 10.4. The van der Waals surface area contributed by atoms with Crippen molar-refractivity contribution in [3.8, 4) is 22.9 Å². The zero-order chi connectivity index (χ0) is 23.6. The van der Waals surface area contributed by atoms with Crippen molar-refractivity contribution in [3.05, 3.63) is 53.9 Å². The molecule has 176 valence electrons. The molecule has 0 amide bonds. The van der Waals surface area contributed by atoms with Crippen LogP contribution in [0.1, 0.15) is 44.1 Å². The molecule has 0 saturated carbocycles. The van der Waals surface area contributed by atoms with Crippen molar-refractivity contribution in [1.29, 1.82) is 0 Å². The summed E-state index contributed by atoms with van der Waals surface area (Å²) in [5, 5.41) is 4.13. The third-order valence-electron chi connectivity index (χ3n) is 5.62. The zero-order valence-electron chi connectivity index (χ0n) is 19.3. The molecule has 1 saturated heterocycles. The fraction of sp³-hybridized carbons (Fsp3) is 0.417. The van der Waals surface area contributed by atoms with Crippen LogP contribution in [-0.4, -0.2) is 49.2 Å². The average molecular weight is 472 g/mol. The number of hydrogen-bond acceptors (Lipinski definition) is 7. The van der Waals surface area contributed by atoms with E-state index in [1.165, 1.54) is 4.31 Å². The summed E-state index contributed by atoms with van der Waals surface area (Å²) in [6.07, 6.45) is 1.53. The summed E-state index contributed by atoms with van der Waals surface area (Å²) in [5.74, 6) is 1.93. The number of aromatic nitrogens is 2. The summed E-state index contributed by atoms with van der Waals surface area (Å²) in [6.45, 7) is 6.61. The van der Waals surface area contributed by atoms with E-state index in [2.05, 4.69) is 10.1 Å². The molecule has 9 heteroatoms. The van der Waals surface area contributed by atoms with E-state index < -0.39 is 10.0 Å². The van der Waals surface area contributed by atoms with Crippen molar-refractivity contribution >= 4 is 10.0 Å². The van der Waals surface area contributed by atoms with Crippen molar-refractivity contribution in [1.82, 2.24) is 14.4 Å². The highest BCUT2D eigenvalue weighted by Crippen LogP contribution is 2.34. The van der Waals surface area contributed by atoms with Crippen molar-refractivity contribution in [2.75, 3.05) is 20.2 Å². The number of methoxy groups -OCH3 is 1. The van der Waals surface area contributed by atoms with Crippen molar-refractivity contribution in [3.63, 3.8) is 0 Å². The van der Waals surface area contributed by atoms with Gasteiger partial charge in [0.25, 0.3) is 0 Å². The minimum Gasteiger partial charge on any atom is -0.493 e. The van der Waals surface area contributed by atoms with Crippen LogP contribution < -0.4 is 9.47 Å². The molecule has 0 unspecified atom stereocenters. The van der Waals surface area contributed by atoms with Gasteiger partial charge in [-0.3, -0.25) is 0 Å². The van der Waals surface area contributed by atoms with E-state index in [9.17, 15) is 8.42 Å². The SMILES string of the molecule is COc1cc(-c2noc([C@@H]3CCCN(S(=O)(=O)c4ccc(C)cc4)C3)n2)ccc1OC(C)C. The lowest BCUT2D eigenvalue weighted by atomic mass is 10.00. The van der Waals surface area contributed by atoms with E-state index in [4.69, 9.17) is 14.0 Å². The van der Waals surface area contributed by atoms with Crippen LogP contribution >= 0.6 is 0 Å². The Hall–Kier alpha value is -2.91. The van der Waals surface area contributed by atoms with Crippen LogP contribution in [-0.2, 0) is 10.0 Å². The largest absolute Gasteiger partial charge is 0.493 e. The lowest BCUT2D eigenvalue weighted by Gasteiger charge is -2.30. The van der Waals surface area contributed by atoms with Gasteiger partial charge in [-0.2, -0.15) is 9.29 Å². The molecule has 1 aliphatic rings. The fourth-order valence-electron chi connectivity index (χ4n) is 3.90. The highest BCUT2D eigenvalue weighted by molar-refractivity contribution is 7.89. The first kappa shape index (κ1) is 23.3. The number of piperidine rings is 1. The van der Waals surface area contributed by atoms with E-state index >= 15 is 0 Å². The first-order chi connectivity index (χ1) is 15.8. The Morgan fingerprint density at radius 2 is 1.88 bits per heavy atom. The molecule has 4 rings (SSSR count). The first-order valence-corrected chi connectivity index (χ1v) is 12.5. The van der Waals surface area contributed by atoms with E-state index in [-0.39, 0.29) is 12.0 Å². The standard InChI is InChI=1S/C24H29N3O5S/c1-16(2)31-21-12-9-18(14-22(21)30-4)23-25-24(32-26-23)19-6-5-13-27(15-19)33(28,29)20-10-7-17(3)8-11-20/h7-12,14,16,19H,5-6,13,15H2,1-4H3/t19-/m1/s1. The van der Waals surface area contributed by atoms with Gasteiger partial charge in [0, 0.05) is 18.7 Å². The quantitative estimate of drug-likeness (QED) is 0.504. The van der Waals surface area contributed by atoms with Gasteiger partial charge in [0.15, 0.2) is 11.5 Å². The molecular weight excluding hydrogens is 442 g/mol. The van der Waals surface area contributed by atoms with E-state index in [0.717, 1.165) is 24.0 Å². The third kappa shape index (κ3) is 5.04. The number of ether oxygens (including phenoxy) is 2. The van der Waals surface area contributed by atoms with Gasteiger partial charge in [0.2, 0.25) is 21.7 Å². The van der Waals surface area contributed by atoms with Crippen LogP contribution in [0.2, 0.25) is 0 Å². The van der Waals surface area contributed by atoms with E-state index in [0.29, 0.717) is 41.2 Å². The third-order valence-corrected chi connectivity index (χ3v) is 7.50. The fourth-order valence-corrected chi connectivity index (χ4v) is 5.42. The molecule has 0 radical (unpaired) electrons. The summed E-state index contributed by atoms with van der Waals surface area (Å²) in [5.41, 5.74) is 1.75. The van der Waals surface area contributed by atoms with Crippen molar-refractivity contribution in [2.45, 2.75) is 50.5 Å². The molecule has 1 atom stereocenters. The number of aryl methyl sites for hydroxylation is 1. The second kappa shape index (κ2) is 9.52. The Labute approximate surface area is 194 Å². The number of sulfonamides is 1. The van der Waals surface area contributed by atoms with Crippen molar-refractivity contribution in [2.24, 2.45) is 0 Å². The van der Waals surface area contributed by atoms with Crippen molar-refractivity contribution < 1.29 is 22.4 Å². The number of hydrogen-bond donors (Lipinski definition) is 0. The monoisotopic (exact) mass is 471 g/mol. The minimum atomic E-state index is -3.58. The van der Waals surface area contributed by atoms with Gasteiger partial charge >= 0.3 is 0 Å². The van der Waals surface area contributed by atoms with Gasteiger partial charge in [-0.1, -0.05) is 22.9 Å². The Balaban J connectivity index is 1.53. The highest BCUT2D eigenvalue weighted by atomic mass is 32.2. The van der Waals surface area contributed by atoms with E-state index in [1.54, 1.807) is 25.3 Å². The van der Waals surface area contributed by atoms with Crippen LogP contribution in [0.3, 0.4) is 0 Å². The Bertz CT molecular complexity index is 1210.